The summed E-state index contributed by atoms with van der Waals surface area (Å²) >= 11 is 2.92. The molecular weight excluding hydrogens is 342 g/mol. The second-order valence-corrected chi connectivity index (χ2v) is 7.32. The number of amides is 2. The summed E-state index contributed by atoms with van der Waals surface area (Å²) in [5, 5.41) is 3.35. The van der Waals surface area contributed by atoms with E-state index in [1.807, 2.05) is 48.5 Å². The third-order valence-electron chi connectivity index (χ3n) is 3.65. The molecule has 1 aliphatic heterocycles. The Bertz CT molecular complexity index is 905. The highest BCUT2D eigenvalue weighted by atomic mass is 32.2. The van der Waals surface area contributed by atoms with Crippen LogP contribution in [-0.4, -0.2) is 29.1 Å². The van der Waals surface area contributed by atoms with Gasteiger partial charge in [-0.1, -0.05) is 35.6 Å². The van der Waals surface area contributed by atoms with E-state index in [1.165, 1.54) is 28.0 Å². The molecule has 0 radical (unpaired) electrons. The van der Waals surface area contributed by atoms with Crippen molar-refractivity contribution in [2.75, 3.05) is 22.5 Å². The Morgan fingerprint density at radius 2 is 1.96 bits per heavy atom. The lowest BCUT2D eigenvalue weighted by Crippen LogP contribution is -2.41. The number of para-hydroxylation sites is 2. The Hall–Kier alpha value is -2.38. The predicted molar refractivity (Wildman–Crippen MR) is 97.8 cm³/mol. The van der Waals surface area contributed by atoms with Crippen LogP contribution in [0.4, 0.5) is 10.8 Å². The Morgan fingerprint density at radius 3 is 2.83 bits per heavy atom. The SMILES string of the molecule is O=C(CN1C(=O)CSc2ccccc21)Nc1nc2ccccc2s1. The number of benzene rings is 2. The summed E-state index contributed by atoms with van der Waals surface area (Å²) in [7, 11) is 0. The first-order chi connectivity index (χ1) is 11.7. The van der Waals surface area contributed by atoms with Crippen molar-refractivity contribution in [1.82, 2.24) is 4.98 Å². The van der Waals surface area contributed by atoms with Crippen molar-refractivity contribution in [2.24, 2.45) is 0 Å². The summed E-state index contributed by atoms with van der Waals surface area (Å²) in [6.45, 7) is -0.00761. The minimum absolute atomic E-state index is 0.00761. The van der Waals surface area contributed by atoms with Crippen LogP contribution in [-0.2, 0) is 9.59 Å². The number of anilines is 2. The highest BCUT2D eigenvalue weighted by Crippen LogP contribution is 2.34. The van der Waals surface area contributed by atoms with Crippen molar-refractivity contribution < 1.29 is 9.59 Å². The Morgan fingerprint density at radius 1 is 1.17 bits per heavy atom. The first kappa shape index (κ1) is 15.2. The van der Waals surface area contributed by atoms with Crippen molar-refractivity contribution in [2.45, 2.75) is 4.90 Å². The second-order valence-electron chi connectivity index (χ2n) is 5.27. The maximum absolute atomic E-state index is 12.4. The third kappa shape index (κ3) is 2.88. The van der Waals surface area contributed by atoms with Gasteiger partial charge in [0.25, 0.3) is 0 Å². The molecule has 0 fully saturated rings. The fraction of sp³-hybridized carbons (Fsp3) is 0.118. The zero-order chi connectivity index (χ0) is 16.5. The molecular formula is C17H13N3O2S2. The van der Waals surface area contributed by atoms with E-state index < -0.39 is 0 Å². The fourth-order valence-corrected chi connectivity index (χ4v) is 4.37. The van der Waals surface area contributed by atoms with Crippen molar-refractivity contribution in [3.8, 4) is 0 Å². The molecule has 3 aromatic rings. The first-order valence-electron chi connectivity index (χ1n) is 7.38. The summed E-state index contributed by atoms with van der Waals surface area (Å²) in [5.41, 5.74) is 1.65. The van der Waals surface area contributed by atoms with Gasteiger partial charge in [-0.3, -0.25) is 9.59 Å². The number of fused-ring (bicyclic) bond motifs is 2. The van der Waals surface area contributed by atoms with Gasteiger partial charge in [0.05, 0.1) is 21.7 Å². The van der Waals surface area contributed by atoms with Crippen LogP contribution in [0.5, 0.6) is 0 Å². The number of carbonyl (C=O) groups is 2. The number of hydrogen-bond donors (Lipinski definition) is 1. The van der Waals surface area contributed by atoms with Crippen molar-refractivity contribution >= 4 is 55.9 Å². The number of aromatic nitrogens is 1. The van der Waals surface area contributed by atoms with Crippen LogP contribution in [0.1, 0.15) is 0 Å². The lowest BCUT2D eigenvalue weighted by molar-refractivity contribution is -0.120. The molecule has 0 bridgehead atoms. The lowest BCUT2D eigenvalue weighted by Gasteiger charge is -2.28. The predicted octanol–water partition coefficient (Wildman–Crippen LogP) is 3.37. The van der Waals surface area contributed by atoms with Crippen LogP contribution in [0.25, 0.3) is 10.2 Å². The highest BCUT2D eigenvalue weighted by Gasteiger charge is 2.26. The van der Waals surface area contributed by atoms with Gasteiger partial charge in [-0.25, -0.2) is 4.98 Å². The minimum Gasteiger partial charge on any atom is -0.301 e. The van der Waals surface area contributed by atoms with Crippen LogP contribution in [0, 0.1) is 0 Å². The molecule has 24 heavy (non-hydrogen) atoms. The molecule has 4 rings (SSSR count). The van der Waals surface area contributed by atoms with E-state index in [-0.39, 0.29) is 18.4 Å². The summed E-state index contributed by atoms with van der Waals surface area (Å²) < 4.78 is 1.02. The Kier molecular flexibility index (Phi) is 3.95. The number of nitrogens with zero attached hydrogens (tertiary/aromatic N) is 2. The van der Waals surface area contributed by atoms with Gasteiger partial charge in [0.15, 0.2) is 5.13 Å². The quantitative estimate of drug-likeness (QED) is 0.782. The average Bonchev–Trinajstić information content (AvgIpc) is 2.99. The Balaban J connectivity index is 1.52. The van der Waals surface area contributed by atoms with E-state index in [0.717, 1.165) is 20.8 Å². The molecule has 120 valence electrons. The maximum Gasteiger partial charge on any atom is 0.246 e. The van der Waals surface area contributed by atoms with Gasteiger partial charge < -0.3 is 10.2 Å². The molecule has 0 spiro atoms. The minimum atomic E-state index is -0.246. The molecule has 2 heterocycles. The first-order valence-corrected chi connectivity index (χ1v) is 9.18. The topological polar surface area (TPSA) is 62.3 Å². The van der Waals surface area contributed by atoms with Crippen molar-refractivity contribution in [3.63, 3.8) is 0 Å². The Labute approximate surface area is 146 Å². The average molecular weight is 355 g/mol. The van der Waals surface area contributed by atoms with E-state index in [1.54, 1.807) is 0 Å². The number of nitrogens with one attached hydrogen (secondary N) is 1. The van der Waals surface area contributed by atoms with Crippen molar-refractivity contribution in [3.05, 3.63) is 48.5 Å². The monoisotopic (exact) mass is 355 g/mol. The molecule has 1 N–H and O–H groups in total. The van der Waals surface area contributed by atoms with Gasteiger partial charge in [-0.2, -0.15) is 0 Å². The van der Waals surface area contributed by atoms with E-state index >= 15 is 0 Å². The molecule has 0 aliphatic carbocycles. The third-order valence-corrected chi connectivity index (χ3v) is 5.65. The van der Waals surface area contributed by atoms with Gasteiger partial charge in [-0.05, 0) is 24.3 Å². The van der Waals surface area contributed by atoms with E-state index in [4.69, 9.17) is 0 Å². The molecule has 0 saturated carbocycles. The lowest BCUT2D eigenvalue weighted by atomic mass is 10.2. The molecule has 1 aliphatic rings. The highest BCUT2D eigenvalue weighted by molar-refractivity contribution is 8.00. The van der Waals surface area contributed by atoms with Crippen LogP contribution < -0.4 is 10.2 Å². The summed E-state index contributed by atoms with van der Waals surface area (Å²) in [4.78, 5) is 31.5. The molecule has 1 aromatic heterocycles. The van der Waals surface area contributed by atoms with Gasteiger partial charge in [-0.15, -0.1) is 11.8 Å². The smallest absolute Gasteiger partial charge is 0.246 e. The zero-order valence-corrected chi connectivity index (χ0v) is 14.2. The molecule has 0 atom stereocenters. The van der Waals surface area contributed by atoms with Gasteiger partial charge in [0.2, 0.25) is 11.8 Å². The van der Waals surface area contributed by atoms with Crippen molar-refractivity contribution in [1.29, 1.82) is 0 Å². The molecule has 5 nitrogen and oxygen atoms in total. The summed E-state index contributed by atoms with van der Waals surface area (Å²) in [6.07, 6.45) is 0. The van der Waals surface area contributed by atoms with Crippen LogP contribution in [0.15, 0.2) is 53.4 Å². The molecule has 2 amide bonds. The maximum atomic E-state index is 12.4. The summed E-state index contributed by atoms with van der Waals surface area (Å²) in [6, 6.07) is 15.3. The molecule has 0 unspecified atom stereocenters. The van der Waals surface area contributed by atoms with E-state index in [2.05, 4.69) is 10.3 Å². The fourth-order valence-electron chi connectivity index (χ4n) is 2.56. The van der Waals surface area contributed by atoms with Gasteiger partial charge in [0, 0.05) is 4.90 Å². The van der Waals surface area contributed by atoms with Gasteiger partial charge >= 0.3 is 0 Å². The van der Waals surface area contributed by atoms with Crippen LogP contribution >= 0.6 is 23.1 Å². The zero-order valence-electron chi connectivity index (χ0n) is 12.6. The molecule has 2 aromatic carbocycles. The van der Waals surface area contributed by atoms with E-state index in [0.29, 0.717) is 10.9 Å². The molecule has 0 saturated heterocycles. The number of rotatable bonds is 3. The standard InChI is InChI=1S/C17H13N3O2S2/c21-15(19-17-18-11-5-1-3-7-13(11)24-17)9-20-12-6-2-4-8-14(12)23-10-16(20)22/h1-8H,9-10H2,(H,18,19,21). The van der Waals surface area contributed by atoms with Gasteiger partial charge in [0.1, 0.15) is 6.54 Å². The van der Waals surface area contributed by atoms with Crippen LogP contribution in [0.2, 0.25) is 0 Å². The summed E-state index contributed by atoms with van der Waals surface area (Å²) in [5.74, 6) is 0.0491. The number of thioether (sulfide) groups is 1. The largest absolute Gasteiger partial charge is 0.301 e. The molecule has 7 heteroatoms. The normalized spacial score (nSPS) is 13.8. The number of hydrogen-bond acceptors (Lipinski definition) is 5. The van der Waals surface area contributed by atoms with E-state index in [9.17, 15) is 9.59 Å². The number of thiazole rings is 1. The second kappa shape index (κ2) is 6.26. The van der Waals surface area contributed by atoms with Crippen LogP contribution in [0.3, 0.4) is 0 Å². The number of carbonyl (C=O) groups excluding carboxylic acids is 2.